The van der Waals surface area contributed by atoms with Crippen LogP contribution in [0.25, 0.3) is 11.0 Å². The average molecular weight is 299 g/mol. The van der Waals surface area contributed by atoms with Crippen molar-refractivity contribution in [3.63, 3.8) is 0 Å². The number of fused-ring (bicyclic) bond motifs is 1. The van der Waals surface area contributed by atoms with Crippen LogP contribution in [0.15, 0.2) is 28.7 Å². The van der Waals surface area contributed by atoms with Gasteiger partial charge < -0.3 is 4.42 Å². The van der Waals surface area contributed by atoms with E-state index in [1.165, 1.54) is 15.7 Å². The molecule has 0 spiro atoms. The summed E-state index contributed by atoms with van der Waals surface area (Å²) in [5, 5.41) is 16.7. The second kappa shape index (κ2) is 5.88. The van der Waals surface area contributed by atoms with Gasteiger partial charge in [-0.05, 0) is 29.7 Å². The quantitative estimate of drug-likeness (QED) is 0.784. The molecule has 3 aromatic rings. The van der Waals surface area contributed by atoms with Crippen molar-refractivity contribution in [1.82, 2.24) is 25.5 Å². The van der Waals surface area contributed by atoms with Crippen LogP contribution in [0.1, 0.15) is 37.0 Å². The predicted molar refractivity (Wildman–Crippen MR) is 84.2 cm³/mol. The smallest absolute Gasteiger partial charge is 0.188 e. The van der Waals surface area contributed by atoms with Gasteiger partial charge in [-0.25, -0.2) is 0 Å². The molecule has 3 rings (SSSR count). The van der Waals surface area contributed by atoms with Crippen LogP contribution in [-0.2, 0) is 13.6 Å². The van der Waals surface area contributed by atoms with Crippen molar-refractivity contribution >= 4 is 11.0 Å². The van der Waals surface area contributed by atoms with E-state index >= 15 is 0 Å². The molecule has 0 aliphatic carbocycles. The Morgan fingerprint density at radius 3 is 2.68 bits per heavy atom. The van der Waals surface area contributed by atoms with Gasteiger partial charge in [0.25, 0.3) is 0 Å². The third-order valence-corrected chi connectivity index (χ3v) is 3.86. The zero-order valence-corrected chi connectivity index (χ0v) is 13.4. The molecular formula is C16H21N5O. The van der Waals surface area contributed by atoms with Crippen molar-refractivity contribution in [2.24, 2.45) is 13.0 Å². The molecule has 0 saturated carbocycles. The van der Waals surface area contributed by atoms with Crippen LogP contribution < -0.4 is 5.32 Å². The number of benzene rings is 1. The highest BCUT2D eigenvalue weighted by molar-refractivity contribution is 5.82. The first-order chi connectivity index (χ1) is 10.6. The minimum atomic E-state index is 0.108. The van der Waals surface area contributed by atoms with Crippen molar-refractivity contribution in [1.29, 1.82) is 0 Å². The molecule has 0 aliphatic heterocycles. The van der Waals surface area contributed by atoms with Gasteiger partial charge in [0, 0.05) is 5.39 Å². The molecule has 0 amide bonds. The van der Waals surface area contributed by atoms with Gasteiger partial charge in [-0.15, -0.1) is 10.2 Å². The Morgan fingerprint density at radius 1 is 1.27 bits per heavy atom. The van der Waals surface area contributed by atoms with Crippen LogP contribution in [0.3, 0.4) is 0 Å². The Labute approximate surface area is 129 Å². The molecule has 22 heavy (non-hydrogen) atoms. The van der Waals surface area contributed by atoms with Crippen molar-refractivity contribution < 1.29 is 4.42 Å². The molecule has 2 heterocycles. The fourth-order valence-corrected chi connectivity index (χ4v) is 2.72. The average Bonchev–Trinajstić information content (AvgIpc) is 3.04. The van der Waals surface area contributed by atoms with Gasteiger partial charge in [0.15, 0.2) is 5.82 Å². The second-order valence-corrected chi connectivity index (χ2v) is 5.89. The van der Waals surface area contributed by atoms with E-state index in [1.54, 1.807) is 7.05 Å². The van der Waals surface area contributed by atoms with E-state index in [0.717, 1.165) is 11.3 Å². The SMILES string of the molecule is Cc1c(C(NCc2nnn(C)n2)C(C)C)oc2ccccc12. The molecule has 1 N–H and O–H groups in total. The number of nitrogens with zero attached hydrogens (tertiary/aromatic N) is 4. The molecule has 2 aromatic heterocycles. The Bertz CT molecular complexity index is 774. The van der Waals surface area contributed by atoms with Crippen LogP contribution in [0.5, 0.6) is 0 Å². The Balaban J connectivity index is 1.87. The zero-order valence-electron chi connectivity index (χ0n) is 13.4. The summed E-state index contributed by atoms with van der Waals surface area (Å²) in [5.41, 5.74) is 2.12. The van der Waals surface area contributed by atoms with E-state index in [2.05, 4.69) is 47.6 Å². The standard InChI is InChI=1S/C16H21N5O/c1-10(2)15(17-9-14-18-20-21(4)19-14)16-11(3)12-7-5-6-8-13(12)22-16/h5-8,10,15,17H,9H2,1-4H3. The summed E-state index contributed by atoms with van der Waals surface area (Å²) < 4.78 is 6.09. The van der Waals surface area contributed by atoms with E-state index in [4.69, 9.17) is 4.42 Å². The van der Waals surface area contributed by atoms with Crippen LogP contribution in [0.4, 0.5) is 0 Å². The zero-order chi connectivity index (χ0) is 15.7. The number of tetrazole rings is 1. The lowest BCUT2D eigenvalue weighted by atomic mass is 9.98. The number of hydrogen-bond donors (Lipinski definition) is 1. The Kier molecular flexibility index (Phi) is 3.94. The number of furan rings is 1. The highest BCUT2D eigenvalue weighted by Crippen LogP contribution is 2.32. The largest absolute Gasteiger partial charge is 0.459 e. The number of hydrogen-bond acceptors (Lipinski definition) is 5. The Morgan fingerprint density at radius 2 is 2.05 bits per heavy atom. The van der Waals surface area contributed by atoms with Crippen molar-refractivity contribution in [3.8, 4) is 0 Å². The summed E-state index contributed by atoms with van der Waals surface area (Å²) in [6.07, 6.45) is 0. The normalized spacial score (nSPS) is 13.1. The monoisotopic (exact) mass is 299 g/mol. The van der Waals surface area contributed by atoms with E-state index < -0.39 is 0 Å². The lowest BCUT2D eigenvalue weighted by molar-refractivity contribution is 0.344. The molecule has 1 atom stereocenters. The van der Waals surface area contributed by atoms with E-state index in [-0.39, 0.29) is 6.04 Å². The van der Waals surface area contributed by atoms with Crippen LogP contribution in [-0.4, -0.2) is 20.2 Å². The van der Waals surface area contributed by atoms with Gasteiger partial charge in [-0.2, -0.15) is 4.80 Å². The summed E-state index contributed by atoms with van der Waals surface area (Å²) in [4.78, 5) is 1.47. The van der Waals surface area contributed by atoms with Gasteiger partial charge in [0.1, 0.15) is 11.3 Å². The molecule has 0 radical (unpaired) electrons. The summed E-state index contributed by atoms with van der Waals surface area (Å²) in [7, 11) is 1.76. The van der Waals surface area contributed by atoms with Crippen molar-refractivity contribution in [2.45, 2.75) is 33.4 Å². The molecule has 116 valence electrons. The van der Waals surface area contributed by atoms with Gasteiger partial charge in [-0.1, -0.05) is 32.0 Å². The Hall–Kier alpha value is -2.21. The molecule has 1 aromatic carbocycles. The van der Waals surface area contributed by atoms with Crippen LogP contribution >= 0.6 is 0 Å². The van der Waals surface area contributed by atoms with Crippen LogP contribution in [0.2, 0.25) is 0 Å². The molecule has 0 aliphatic rings. The highest BCUT2D eigenvalue weighted by Gasteiger charge is 2.23. The molecule has 0 saturated heterocycles. The van der Waals surface area contributed by atoms with Gasteiger partial charge >= 0.3 is 0 Å². The van der Waals surface area contributed by atoms with E-state index in [1.807, 2.05) is 18.2 Å². The van der Waals surface area contributed by atoms with Crippen molar-refractivity contribution in [2.75, 3.05) is 0 Å². The topological polar surface area (TPSA) is 68.8 Å². The van der Waals surface area contributed by atoms with Gasteiger partial charge in [-0.3, -0.25) is 5.32 Å². The van der Waals surface area contributed by atoms with Crippen LogP contribution in [0, 0.1) is 12.8 Å². The summed E-state index contributed by atoms with van der Waals surface area (Å²) in [6, 6.07) is 8.25. The minimum absolute atomic E-state index is 0.108. The molecule has 6 heteroatoms. The fourth-order valence-electron chi connectivity index (χ4n) is 2.72. The molecule has 1 unspecified atom stereocenters. The maximum atomic E-state index is 6.09. The van der Waals surface area contributed by atoms with E-state index in [0.29, 0.717) is 18.3 Å². The first kappa shape index (κ1) is 14.7. The molecule has 6 nitrogen and oxygen atoms in total. The third-order valence-electron chi connectivity index (χ3n) is 3.86. The first-order valence-electron chi connectivity index (χ1n) is 7.50. The minimum Gasteiger partial charge on any atom is -0.459 e. The van der Waals surface area contributed by atoms with Gasteiger partial charge in [0.2, 0.25) is 0 Å². The van der Waals surface area contributed by atoms with Gasteiger partial charge in [0.05, 0.1) is 19.6 Å². The number of rotatable bonds is 5. The summed E-state index contributed by atoms with van der Waals surface area (Å²) in [5.74, 6) is 2.05. The molecule has 0 bridgehead atoms. The number of aromatic nitrogens is 4. The van der Waals surface area contributed by atoms with Crippen molar-refractivity contribution in [3.05, 3.63) is 41.4 Å². The number of nitrogens with one attached hydrogen (secondary N) is 1. The number of para-hydroxylation sites is 1. The predicted octanol–water partition coefficient (Wildman–Crippen LogP) is 2.75. The second-order valence-electron chi connectivity index (χ2n) is 5.89. The maximum Gasteiger partial charge on any atom is 0.188 e. The molecule has 0 fully saturated rings. The molecular weight excluding hydrogens is 278 g/mol. The third kappa shape index (κ3) is 2.74. The van der Waals surface area contributed by atoms with E-state index in [9.17, 15) is 0 Å². The summed E-state index contributed by atoms with van der Waals surface area (Å²) in [6.45, 7) is 7.02. The maximum absolute atomic E-state index is 6.09. The lowest BCUT2D eigenvalue weighted by Crippen LogP contribution is -2.26. The highest BCUT2D eigenvalue weighted by atomic mass is 16.3. The number of aryl methyl sites for hydroxylation is 2. The lowest BCUT2D eigenvalue weighted by Gasteiger charge is -2.20. The fraction of sp³-hybridized carbons (Fsp3) is 0.438. The summed E-state index contributed by atoms with van der Waals surface area (Å²) >= 11 is 0. The first-order valence-corrected chi connectivity index (χ1v) is 7.50.